The molecule has 0 aliphatic heterocycles. The minimum atomic E-state index is -2.85. The summed E-state index contributed by atoms with van der Waals surface area (Å²) in [6.45, 7) is 0.124. The van der Waals surface area contributed by atoms with Crippen molar-refractivity contribution in [2.45, 2.75) is 32.5 Å². The van der Waals surface area contributed by atoms with Gasteiger partial charge in [0.25, 0.3) is 0 Å². The first-order valence-corrected chi connectivity index (χ1v) is 6.40. The Morgan fingerprint density at radius 1 is 1.37 bits per heavy atom. The molecule has 0 heterocycles. The van der Waals surface area contributed by atoms with Crippen LogP contribution in [0.4, 0.5) is 8.78 Å². The van der Waals surface area contributed by atoms with Crippen molar-refractivity contribution < 1.29 is 18.3 Å². The summed E-state index contributed by atoms with van der Waals surface area (Å²) < 4.78 is 34.1. The van der Waals surface area contributed by atoms with Crippen LogP contribution >= 0.6 is 11.6 Å². The zero-order valence-corrected chi connectivity index (χ0v) is 11.7. The Balaban J connectivity index is 2.71. The van der Waals surface area contributed by atoms with E-state index in [4.69, 9.17) is 16.3 Å². The summed E-state index contributed by atoms with van der Waals surface area (Å²) in [5, 5.41) is 3.70. The normalized spacial score (nSPS) is 12.7. The zero-order valence-electron chi connectivity index (χ0n) is 11.0. The Labute approximate surface area is 116 Å². The molecule has 0 saturated heterocycles. The highest BCUT2D eigenvalue weighted by Crippen LogP contribution is 2.24. The lowest BCUT2D eigenvalue weighted by Crippen LogP contribution is -2.32. The van der Waals surface area contributed by atoms with Gasteiger partial charge in [-0.15, -0.1) is 0 Å². The fourth-order valence-electron chi connectivity index (χ4n) is 1.67. The van der Waals surface area contributed by atoms with E-state index in [-0.39, 0.29) is 11.8 Å². The van der Waals surface area contributed by atoms with Crippen LogP contribution in [0.1, 0.15) is 18.9 Å². The van der Waals surface area contributed by atoms with Crippen LogP contribution in [0.25, 0.3) is 0 Å². The van der Waals surface area contributed by atoms with Crippen molar-refractivity contribution in [3.05, 3.63) is 28.8 Å². The molecule has 0 aromatic heterocycles. The maximum Gasteiger partial charge on any atom is 0.387 e. The molecule has 1 atom stereocenters. The molecule has 0 radical (unpaired) electrons. The number of rotatable bonds is 8. The summed E-state index contributed by atoms with van der Waals surface area (Å²) in [5.41, 5.74) is 0.599. The minimum Gasteiger partial charge on any atom is -0.434 e. The molecule has 0 aliphatic carbocycles. The van der Waals surface area contributed by atoms with Gasteiger partial charge in [-0.1, -0.05) is 18.5 Å². The molecule has 1 rings (SSSR count). The lowest BCUT2D eigenvalue weighted by Gasteiger charge is -2.17. The predicted molar refractivity (Wildman–Crippen MR) is 70.9 cm³/mol. The number of alkyl halides is 2. The Kier molecular flexibility index (Phi) is 7.05. The molecule has 0 fully saturated rings. The van der Waals surface area contributed by atoms with Gasteiger partial charge in [-0.05, 0) is 24.6 Å². The first-order valence-electron chi connectivity index (χ1n) is 6.02. The summed E-state index contributed by atoms with van der Waals surface area (Å²) in [6.07, 6.45) is 0.874. The van der Waals surface area contributed by atoms with Crippen LogP contribution in [-0.4, -0.2) is 26.4 Å². The third-order valence-corrected chi connectivity index (χ3v) is 2.92. The second kappa shape index (κ2) is 8.30. The Morgan fingerprint density at radius 2 is 2.11 bits per heavy atom. The standard InChI is InChI=1S/C13H18ClF2NO2/c1-3-11(8-18-2)17-7-9-6-10(14)4-5-12(9)19-13(15)16/h4-6,11,13,17H,3,7-8H2,1-2H3. The van der Waals surface area contributed by atoms with Crippen LogP contribution in [0.3, 0.4) is 0 Å². The van der Waals surface area contributed by atoms with E-state index in [1.165, 1.54) is 12.1 Å². The van der Waals surface area contributed by atoms with Gasteiger partial charge < -0.3 is 14.8 Å². The summed E-state index contributed by atoms with van der Waals surface area (Å²) in [4.78, 5) is 0. The molecule has 19 heavy (non-hydrogen) atoms. The first kappa shape index (κ1) is 16.1. The third-order valence-electron chi connectivity index (χ3n) is 2.68. The third kappa shape index (κ3) is 5.72. The van der Waals surface area contributed by atoms with Crippen molar-refractivity contribution in [3.8, 4) is 5.75 Å². The summed E-state index contributed by atoms with van der Waals surface area (Å²) >= 11 is 5.87. The largest absolute Gasteiger partial charge is 0.434 e. The van der Waals surface area contributed by atoms with E-state index in [2.05, 4.69) is 10.1 Å². The fraction of sp³-hybridized carbons (Fsp3) is 0.538. The van der Waals surface area contributed by atoms with Gasteiger partial charge in [0.2, 0.25) is 0 Å². The molecule has 0 amide bonds. The van der Waals surface area contributed by atoms with E-state index in [0.29, 0.717) is 23.7 Å². The van der Waals surface area contributed by atoms with Crippen LogP contribution in [0.15, 0.2) is 18.2 Å². The molecular weight excluding hydrogens is 276 g/mol. The molecule has 3 nitrogen and oxygen atoms in total. The van der Waals surface area contributed by atoms with Crippen LogP contribution in [0.2, 0.25) is 5.02 Å². The molecule has 0 bridgehead atoms. The van der Waals surface area contributed by atoms with Gasteiger partial charge in [0.05, 0.1) is 6.61 Å². The van der Waals surface area contributed by atoms with Crippen molar-refractivity contribution in [2.24, 2.45) is 0 Å². The topological polar surface area (TPSA) is 30.5 Å². The van der Waals surface area contributed by atoms with E-state index in [9.17, 15) is 8.78 Å². The van der Waals surface area contributed by atoms with E-state index in [1.54, 1.807) is 13.2 Å². The number of nitrogens with one attached hydrogen (secondary N) is 1. The highest BCUT2D eigenvalue weighted by molar-refractivity contribution is 6.30. The Bertz CT molecular complexity index is 391. The maximum atomic E-state index is 12.3. The Morgan fingerprint density at radius 3 is 2.68 bits per heavy atom. The van der Waals surface area contributed by atoms with E-state index in [1.807, 2.05) is 6.92 Å². The van der Waals surface area contributed by atoms with Crippen LogP contribution in [-0.2, 0) is 11.3 Å². The monoisotopic (exact) mass is 293 g/mol. The van der Waals surface area contributed by atoms with E-state index < -0.39 is 6.61 Å². The Hall–Kier alpha value is -0.910. The van der Waals surface area contributed by atoms with Gasteiger partial charge in [0.1, 0.15) is 5.75 Å². The molecular formula is C13H18ClF2NO2. The highest BCUT2D eigenvalue weighted by atomic mass is 35.5. The number of hydrogen-bond donors (Lipinski definition) is 1. The molecule has 1 aromatic rings. The van der Waals surface area contributed by atoms with Gasteiger partial charge in [0, 0.05) is 30.3 Å². The average Bonchev–Trinajstić information content (AvgIpc) is 2.36. The molecule has 0 aliphatic rings. The van der Waals surface area contributed by atoms with Crippen LogP contribution in [0, 0.1) is 0 Å². The first-order chi connectivity index (χ1) is 9.06. The van der Waals surface area contributed by atoms with Crippen molar-refractivity contribution in [1.29, 1.82) is 0 Å². The summed E-state index contributed by atoms with van der Waals surface area (Å²) in [7, 11) is 1.62. The van der Waals surface area contributed by atoms with Gasteiger partial charge in [-0.25, -0.2) is 0 Å². The van der Waals surface area contributed by atoms with Crippen molar-refractivity contribution in [3.63, 3.8) is 0 Å². The number of hydrogen-bond acceptors (Lipinski definition) is 3. The van der Waals surface area contributed by atoms with Gasteiger partial charge >= 0.3 is 6.61 Å². The summed E-state index contributed by atoms with van der Waals surface area (Å²) in [6, 6.07) is 4.74. The fourth-order valence-corrected chi connectivity index (χ4v) is 1.87. The van der Waals surface area contributed by atoms with Crippen LogP contribution < -0.4 is 10.1 Å². The number of methoxy groups -OCH3 is 1. The smallest absolute Gasteiger partial charge is 0.387 e. The molecule has 6 heteroatoms. The van der Waals surface area contributed by atoms with Crippen molar-refractivity contribution in [2.75, 3.05) is 13.7 Å². The molecule has 0 saturated carbocycles. The van der Waals surface area contributed by atoms with E-state index >= 15 is 0 Å². The SMILES string of the molecule is CCC(COC)NCc1cc(Cl)ccc1OC(F)F. The maximum absolute atomic E-state index is 12.3. The van der Waals surface area contributed by atoms with Crippen molar-refractivity contribution in [1.82, 2.24) is 5.32 Å². The minimum absolute atomic E-state index is 0.138. The van der Waals surface area contributed by atoms with Gasteiger partial charge in [-0.2, -0.15) is 8.78 Å². The lowest BCUT2D eigenvalue weighted by molar-refractivity contribution is -0.0505. The highest BCUT2D eigenvalue weighted by Gasteiger charge is 2.12. The predicted octanol–water partition coefficient (Wildman–Crippen LogP) is 3.46. The second-order valence-corrected chi connectivity index (χ2v) is 4.51. The summed E-state index contributed by atoms with van der Waals surface area (Å²) in [5.74, 6) is 0.138. The van der Waals surface area contributed by atoms with E-state index in [0.717, 1.165) is 6.42 Å². The molecule has 1 N–H and O–H groups in total. The lowest BCUT2D eigenvalue weighted by atomic mass is 10.1. The quantitative estimate of drug-likeness (QED) is 0.796. The molecule has 0 spiro atoms. The molecule has 108 valence electrons. The van der Waals surface area contributed by atoms with Gasteiger partial charge in [-0.3, -0.25) is 0 Å². The average molecular weight is 294 g/mol. The van der Waals surface area contributed by atoms with Gasteiger partial charge in [0.15, 0.2) is 0 Å². The van der Waals surface area contributed by atoms with Crippen LogP contribution in [0.5, 0.6) is 5.75 Å². The second-order valence-electron chi connectivity index (χ2n) is 4.07. The van der Waals surface area contributed by atoms with Crippen molar-refractivity contribution >= 4 is 11.6 Å². The zero-order chi connectivity index (χ0) is 14.3. The molecule has 1 unspecified atom stereocenters. The molecule has 1 aromatic carbocycles. The number of ether oxygens (including phenoxy) is 2. The number of benzene rings is 1. The number of halogens is 3.